The van der Waals surface area contributed by atoms with E-state index in [0.29, 0.717) is 5.69 Å². The Hall–Kier alpha value is -3.62. The fourth-order valence-corrected chi connectivity index (χ4v) is 2.64. The summed E-state index contributed by atoms with van der Waals surface area (Å²) in [5, 5.41) is 6.71. The molecule has 130 valence electrons. The number of carbonyl (C=O) groups is 1. The average molecular weight is 370 g/mol. The zero-order valence-electron chi connectivity index (χ0n) is 13.0. The van der Waals surface area contributed by atoms with Crippen LogP contribution in [0.1, 0.15) is 15.9 Å². The largest absolute Gasteiger partial charge is 0.298 e. The van der Waals surface area contributed by atoms with E-state index in [1.54, 1.807) is 0 Å². The molecule has 0 spiro atoms. The molecule has 0 saturated carbocycles. The van der Waals surface area contributed by atoms with Crippen LogP contribution in [-0.2, 0) is 10.1 Å². The zero-order valence-corrected chi connectivity index (χ0v) is 13.8. The summed E-state index contributed by atoms with van der Waals surface area (Å²) in [6.45, 7) is 0. The first-order valence-corrected chi connectivity index (χ1v) is 8.33. The summed E-state index contributed by atoms with van der Waals surface area (Å²) in [6.07, 6.45) is 0.984. The number of benzene rings is 2. The first kappa shape index (κ1) is 18.7. The molecule has 0 aromatic heterocycles. The number of Topliss-reactive ketones (excluding diaryl/α,β-unsaturated/α-hetero) is 1. The normalized spacial score (nSPS) is 11.2. The SMILES string of the molecule is [N-]=[N+]=Nc1ccc(C=C(C(=O)c2cccc(N=[N+]=[N-])c2)S(=O)(=O)O)cc1. The topological polar surface area (TPSA) is 169 Å². The van der Waals surface area contributed by atoms with Gasteiger partial charge in [-0.1, -0.05) is 52.7 Å². The van der Waals surface area contributed by atoms with Gasteiger partial charge in [-0.15, -0.1) is 0 Å². The molecule has 0 bridgehead atoms. The first-order valence-electron chi connectivity index (χ1n) is 6.89. The third kappa shape index (κ3) is 4.69. The molecule has 0 unspecified atom stereocenters. The Kier molecular flexibility index (Phi) is 5.74. The first-order chi connectivity index (χ1) is 12.3. The van der Waals surface area contributed by atoms with E-state index in [1.165, 1.54) is 48.5 Å². The molecule has 0 atom stereocenters. The third-order valence-electron chi connectivity index (χ3n) is 3.12. The van der Waals surface area contributed by atoms with Crippen molar-refractivity contribution in [3.63, 3.8) is 0 Å². The van der Waals surface area contributed by atoms with Crippen LogP contribution in [0.25, 0.3) is 27.0 Å². The fraction of sp³-hybridized carbons (Fsp3) is 0. The van der Waals surface area contributed by atoms with Gasteiger partial charge in [-0.2, -0.15) is 8.42 Å². The van der Waals surface area contributed by atoms with E-state index < -0.39 is 20.8 Å². The van der Waals surface area contributed by atoms with Gasteiger partial charge in [0.2, 0.25) is 5.78 Å². The minimum absolute atomic E-state index is 0.0792. The molecular formula is C15H10N6O4S. The summed E-state index contributed by atoms with van der Waals surface area (Å²) in [4.78, 5) is 16.9. The van der Waals surface area contributed by atoms with Gasteiger partial charge >= 0.3 is 0 Å². The Morgan fingerprint density at radius 1 is 1.00 bits per heavy atom. The molecule has 26 heavy (non-hydrogen) atoms. The Morgan fingerprint density at radius 2 is 1.62 bits per heavy atom. The molecule has 2 aromatic carbocycles. The molecule has 0 amide bonds. The lowest BCUT2D eigenvalue weighted by molar-refractivity contribution is 0.104. The van der Waals surface area contributed by atoms with Crippen molar-refractivity contribution < 1.29 is 17.8 Å². The number of azide groups is 2. The maximum atomic E-state index is 12.5. The second-order valence-corrected chi connectivity index (χ2v) is 6.22. The third-order valence-corrected chi connectivity index (χ3v) is 3.98. The van der Waals surface area contributed by atoms with Crippen LogP contribution < -0.4 is 0 Å². The summed E-state index contributed by atoms with van der Waals surface area (Å²) in [5.74, 6) is -0.971. The quantitative estimate of drug-likeness (QED) is 0.194. The molecule has 10 nitrogen and oxygen atoms in total. The smallest absolute Gasteiger partial charge is 0.288 e. The molecule has 0 radical (unpaired) electrons. The van der Waals surface area contributed by atoms with Crippen LogP contribution in [0, 0.1) is 0 Å². The van der Waals surface area contributed by atoms with Gasteiger partial charge in [-0.3, -0.25) is 9.35 Å². The van der Waals surface area contributed by atoms with Crippen LogP contribution in [0.5, 0.6) is 0 Å². The van der Waals surface area contributed by atoms with Crippen molar-refractivity contribution in [3.8, 4) is 0 Å². The standard InChI is InChI=1S/C15H10N6O4S/c16-20-18-12-6-4-10(5-7-12)8-14(26(23,24)25)15(22)11-2-1-3-13(9-11)19-21-17/h1-9H,(H,23,24,25). The van der Waals surface area contributed by atoms with E-state index in [-0.39, 0.29) is 16.8 Å². The highest BCUT2D eigenvalue weighted by Crippen LogP contribution is 2.22. The molecule has 0 fully saturated rings. The van der Waals surface area contributed by atoms with Gasteiger partial charge in [0.05, 0.1) is 0 Å². The van der Waals surface area contributed by atoms with Crippen molar-refractivity contribution >= 4 is 33.4 Å². The minimum Gasteiger partial charge on any atom is -0.288 e. The number of hydrogen-bond donors (Lipinski definition) is 1. The minimum atomic E-state index is -4.83. The van der Waals surface area contributed by atoms with Crippen LogP contribution >= 0.6 is 0 Å². The monoisotopic (exact) mass is 370 g/mol. The Balaban J connectivity index is 2.50. The van der Waals surface area contributed by atoms with Crippen molar-refractivity contribution in [2.45, 2.75) is 0 Å². The van der Waals surface area contributed by atoms with Gasteiger partial charge in [0.25, 0.3) is 10.1 Å². The van der Waals surface area contributed by atoms with Gasteiger partial charge in [0.15, 0.2) is 0 Å². The van der Waals surface area contributed by atoms with Crippen molar-refractivity contribution in [2.75, 3.05) is 0 Å². The molecule has 0 aliphatic carbocycles. The van der Waals surface area contributed by atoms with Gasteiger partial charge in [0.1, 0.15) is 4.91 Å². The van der Waals surface area contributed by atoms with Gasteiger partial charge in [-0.05, 0) is 28.8 Å². The summed E-state index contributed by atoms with van der Waals surface area (Å²) in [5.41, 5.74) is 17.4. The maximum absolute atomic E-state index is 12.5. The fourth-order valence-electron chi connectivity index (χ4n) is 2.00. The lowest BCUT2D eigenvalue weighted by atomic mass is 10.1. The summed E-state index contributed by atoms with van der Waals surface area (Å²) < 4.78 is 32.7. The molecule has 11 heteroatoms. The van der Waals surface area contributed by atoms with Crippen molar-refractivity contribution in [1.29, 1.82) is 0 Å². The lowest BCUT2D eigenvalue weighted by Gasteiger charge is -2.05. The number of nitrogens with zero attached hydrogens (tertiary/aromatic N) is 6. The summed E-state index contributed by atoms with van der Waals surface area (Å²) >= 11 is 0. The van der Waals surface area contributed by atoms with E-state index >= 15 is 0 Å². The van der Waals surface area contributed by atoms with Gasteiger partial charge in [0, 0.05) is 26.8 Å². The van der Waals surface area contributed by atoms with Gasteiger partial charge in [-0.25, -0.2) is 0 Å². The van der Waals surface area contributed by atoms with Crippen LogP contribution in [0.4, 0.5) is 11.4 Å². The highest BCUT2D eigenvalue weighted by molar-refractivity contribution is 7.91. The number of carbonyl (C=O) groups excluding carboxylic acids is 1. The highest BCUT2D eigenvalue weighted by atomic mass is 32.2. The molecule has 2 rings (SSSR count). The van der Waals surface area contributed by atoms with E-state index in [1.807, 2.05) is 0 Å². The Labute approximate surface area is 147 Å². The van der Waals surface area contributed by atoms with Crippen LogP contribution in [0.3, 0.4) is 0 Å². The second kappa shape index (κ2) is 7.97. The predicted octanol–water partition coefficient (Wildman–Crippen LogP) is 4.68. The van der Waals surface area contributed by atoms with Crippen molar-refractivity contribution in [1.82, 2.24) is 0 Å². The van der Waals surface area contributed by atoms with Crippen LogP contribution in [0.2, 0.25) is 0 Å². The second-order valence-electron chi connectivity index (χ2n) is 4.83. The molecular weight excluding hydrogens is 360 g/mol. The maximum Gasteiger partial charge on any atom is 0.298 e. The van der Waals surface area contributed by atoms with Crippen LogP contribution in [-0.4, -0.2) is 18.8 Å². The number of ketones is 1. The molecule has 2 aromatic rings. The van der Waals surface area contributed by atoms with E-state index in [4.69, 9.17) is 11.1 Å². The van der Waals surface area contributed by atoms with E-state index in [2.05, 4.69) is 20.1 Å². The molecule has 0 saturated heterocycles. The van der Waals surface area contributed by atoms with Crippen molar-refractivity contribution in [2.24, 2.45) is 10.2 Å². The molecule has 1 N–H and O–H groups in total. The van der Waals surface area contributed by atoms with Crippen molar-refractivity contribution in [3.05, 3.63) is 85.4 Å². The summed E-state index contributed by atoms with van der Waals surface area (Å²) in [7, 11) is -4.83. The number of rotatable bonds is 6. The Morgan fingerprint density at radius 3 is 2.19 bits per heavy atom. The molecule has 0 aliphatic rings. The average Bonchev–Trinajstić information content (AvgIpc) is 2.60. The molecule has 0 heterocycles. The lowest BCUT2D eigenvalue weighted by Crippen LogP contribution is -2.13. The number of hydrogen-bond acceptors (Lipinski definition) is 5. The highest BCUT2D eigenvalue weighted by Gasteiger charge is 2.24. The summed E-state index contributed by atoms with van der Waals surface area (Å²) in [6, 6.07) is 11.0. The predicted molar refractivity (Wildman–Crippen MR) is 94.4 cm³/mol. The molecule has 0 aliphatic heterocycles. The van der Waals surface area contributed by atoms with E-state index in [9.17, 15) is 17.8 Å². The zero-order chi connectivity index (χ0) is 19.2. The Bertz CT molecular complexity index is 1080. The van der Waals surface area contributed by atoms with E-state index in [0.717, 1.165) is 6.08 Å². The number of allylic oxidation sites excluding steroid dienone is 1. The van der Waals surface area contributed by atoms with Crippen LogP contribution in [0.15, 0.2) is 63.7 Å². The van der Waals surface area contributed by atoms with Gasteiger partial charge < -0.3 is 0 Å².